The summed E-state index contributed by atoms with van der Waals surface area (Å²) in [7, 11) is 0. The molecule has 1 fully saturated rings. The first-order valence-electron chi connectivity index (χ1n) is 6.86. The molecule has 0 saturated heterocycles. The zero-order valence-corrected chi connectivity index (χ0v) is 11.2. The van der Waals surface area contributed by atoms with Crippen molar-refractivity contribution in [3.63, 3.8) is 0 Å². The van der Waals surface area contributed by atoms with Crippen LogP contribution in [-0.4, -0.2) is 34.9 Å². The lowest BCUT2D eigenvalue weighted by atomic mass is 10.0. The molecule has 19 heavy (non-hydrogen) atoms. The average molecular weight is 262 g/mol. The van der Waals surface area contributed by atoms with Crippen LogP contribution in [0.3, 0.4) is 0 Å². The van der Waals surface area contributed by atoms with Crippen LogP contribution in [0.25, 0.3) is 0 Å². The highest BCUT2D eigenvalue weighted by atomic mass is 16.1. The largest absolute Gasteiger partial charge is 0.369 e. The molecule has 5 nitrogen and oxygen atoms in total. The molecule has 2 rings (SSSR count). The normalized spacial score (nSPS) is 17.8. The third-order valence-electron chi connectivity index (χ3n) is 3.85. The number of nitrogens with two attached hydrogens (primary N) is 2. The molecule has 1 aromatic heterocycles. The molecule has 0 spiro atoms. The molecule has 1 aliphatic rings. The van der Waals surface area contributed by atoms with Crippen LogP contribution in [0.1, 0.15) is 37.3 Å². The lowest BCUT2D eigenvalue weighted by molar-refractivity contribution is -0.120. The molecule has 0 radical (unpaired) electrons. The van der Waals surface area contributed by atoms with Gasteiger partial charge in [-0.1, -0.05) is 12.8 Å². The molecule has 5 heteroatoms. The van der Waals surface area contributed by atoms with Gasteiger partial charge in [-0.25, -0.2) is 0 Å². The van der Waals surface area contributed by atoms with Crippen molar-refractivity contribution in [3.8, 4) is 0 Å². The van der Waals surface area contributed by atoms with Gasteiger partial charge >= 0.3 is 0 Å². The number of nitrogens with zero attached hydrogens (tertiary/aromatic N) is 2. The van der Waals surface area contributed by atoms with Crippen molar-refractivity contribution in [2.75, 3.05) is 13.1 Å². The van der Waals surface area contributed by atoms with Crippen LogP contribution in [0.15, 0.2) is 24.5 Å². The second kappa shape index (κ2) is 6.63. The van der Waals surface area contributed by atoms with Gasteiger partial charge in [0.15, 0.2) is 0 Å². The lowest BCUT2D eigenvalue weighted by Gasteiger charge is -2.35. The van der Waals surface area contributed by atoms with E-state index in [1.54, 1.807) is 12.4 Å². The van der Waals surface area contributed by atoms with Crippen LogP contribution in [-0.2, 0) is 4.79 Å². The maximum Gasteiger partial charge on any atom is 0.231 e. The molecule has 1 unspecified atom stereocenters. The van der Waals surface area contributed by atoms with Crippen LogP contribution in [0.5, 0.6) is 0 Å². The van der Waals surface area contributed by atoms with E-state index in [1.807, 2.05) is 12.1 Å². The summed E-state index contributed by atoms with van der Waals surface area (Å²) in [5.74, 6) is -0.292. The van der Waals surface area contributed by atoms with Gasteiger partial charge in [0.2, 0.25) is 5.91 Å². The number of primary amides is 1. The van der Waals surface area contributed by atoms with Gasteiger partial charge in [-0.3, -0.25) is 14.7 Å². The first-order chi connectivity index (χ1) is 9.22. The van der Waals surface area contributed by atoms with E-state index >= 15 is 0 Å². The Labute approximate surface area is 114 Å². The zero-order chi connectivity index (χ0) is 13.7. The smallest absolute Gasteiger partial charge is 0.231 e. The van der Waals surface area contributed by atoms with Crippen LogP contribution in [0.4, 0.5) is 0 Å². The highest BCUT2D eigenvalue weighted by Gasteiger charge is 2.29. The summed E-state index contributed by atoms with van der Waals surface area (Å²) in [6, 6.07) is 4.37. The SMILES string of the molecule is NCC(c1ccncc1)N(CC(N)=O)C1CCCC1. The number of pyridine rings is 1. The Hall–Kier alpha value is -1.46. The van der Waals surface area contributed by atoms with Gasteiger partial charge < -0.3 is 11.5 Å². The first kappa shape index (κ1) is 14.0. The van der Waals surface area contributed by atoms with Gasteiger partial charge in [0.05, 0.1) is 6.54 Å². The fraction of sp³-hybridized carbons (Fsp3) is 0.571. The maximum atomic E-state index is 11.3. The van der Waals surface area contributed by atoms with Crippen LogP contribution in [0.2, 0.25) is 0 Å². The molecule has 0 bridgehead atoms. The van der Waals surface area contributed by atoms with E-state index < -0.39 is 0 Å². The van der Waals surface area contributed by atoms with Crippen molar-refractivity contribution in [1.82, 2.24) is 9.88 Å². The van der Waals surface area contributed by atoms with Crippen LogP contribution in [0, 0.1) is 0 Å². The van der Waals surface area contributed by atoms with Crippen molar-refractivity contribution in [3.05, 3.63) is 30.1 Å². The van der Waals surface area contributed by atoms with Gasteiger partial charge in [0.25, 0.3) is 0 Å². The summed E-state index contributed by atoms with van der Waals surface area (Å²) in [5.41, 5.74) is 12.4. The number of aromatic nitrogens is 1. The zero-order valence-electron chi connectivity index (χ0n) is 11.2. The third-order valence-corrected chi connectivity index (χ3v) is 3.85. The number of carbonyl (C=O) groups excluding carboxylic acids is 1. The van der Waals surface area contributed by atoms with E-state index in [4.69, 9.17) is 11.5 Å². The summed E-state index contributed by atoms with van der Waals surface area (Å²) in [6.07, 6.45) is 8.19. The van der Waals surface area contributed by atoms with E-state index in [2.05, 4.69) is 9.88 Å². The molecule has 104 valence electrons. The molecule has 0 aliphatic heterocycles. The number of hydrogen-bond donors (Lipinski definition) is 2. The Balaban J connectivity index is 2.21. The van der Waals surface area contributed by atoms with Crippen LogP contribution < -0.4 is 11.5 Å². The molecular formula is C14H22N4O. The predicted molar refractivity (Wildman–Crippen MR) is 74.2 cm³/mol. The Morgan fingerprint density at radius 1 is 1.37 bits per heavy atom. The Morgan fingerprint density at radius 3 is 2.53 bits per heavy atom. The van der Waals surface area contributed by atoms with Gasteiger partial charge in [-0.2, -0.15) is 0 Å². The average Bonchev–Trinajstić information content (AvgIpc) is 2.93. The predicted octanol–water partition coefficient (Wildman–Crippen LogP) is 0.811. The van der Waals surface area contributed by atoms with E-state index in [0.29, 0.717) is 12.6 Å². The molecule has 1 saturated carbocycles. The fourth-order valence-electron chi connectivity index (χ4n) is 2.96. The summed E-state index contributed by atoms with van der Waals surface area (Å²) in [4.78, 5) is 17.5. The highest BCUT2D eigenvalue weighted by Crippen LogP contribution is 2.30. The molecule has 1 atom stereocenters. The fourth-order valence-corrected chi connectivity index (χ4v) is 2.96. The highest BCUT2D eigenvalue weighted by molar-refractivity contribution is 5.76. The standard InChI is InChI=1S/C14H22N4O/c15-9-13(11-5-7-17-8-6-11)18(10-14(16)19)12-3-1-2-4-12/h5-8,12-13H,1-4,9-10,15H2,(H2,16,19). The van der Waals surface area contributed by atoms with Crippen molar-refractivity contribution < 1.29 is 4.79 Å². The van der Waals surface area contributed by atoms with E-state index in [1.165, 1.54) is 12.8 Å². The van der Waals surface area contributed by atoms with Gasteiger partial charge in [0.1, 0.15) is 0 Å². The van der Waals surface area contributed by atoms with Gasteiger partial charge in [0, 0.05) is 31.0 Å². The summed E-state index contributed by atoms with van der Waals surface area (Å²) in [5, 5.41) is 0. The third kappa shape index (κ3) is 3.52. The number of hydrogen-bond acceptors (Lipinski definition) is 4. The Bertz CT molecular complexity index is 403. The minimum atomic E-state index is -0.292. The molecular weight excluding hydrogens is 240 g/mol. The quantitative estimate of drug-likeness (QED) is 0.794. The Morgan fingerprint density at radius 2 is 2.00 bits per heavy atom. The number of amides is 1. The Kier molecular flexibility index (Phi) is 4.87. The second-order valence-corrected chi connectivity index (χ2v) is 5.11. The number of carbonyl (C=O) groups is 1. The van der Waals surface area contributed by atoms with E-state index in [9.17, 15) is 4.79 Å². The molecule has 0 aromatic carbocycles. The van der Waals surface area contributed by atoms with Gasteiger partial charge in [-0.05, 0) is 30.5 Å². The summed E-state index contributed by atoms with van der Waals surface area (Å²) < 4.78 is 0. The van der Waals surface area contributed by atoms with Crippen LogP contribution >= 0.6 is 0 Å². The van der Waals surface area contributed by atoms with Crippen molar-refractivity contribution in [2.45, 2.75) is 37.8 Å². The van der Waals surface area contributed by atoms with E-state index in [-0.39, 0.29) is 18.5 Å². The molecule has 1 aliphatic carbocycles. The van der Waals surface area contributed by atoms with E-state index in [0.717, 1.165) is 18.4 Å². The molecule has 4 N–H and O–H groups in total. The van der Waals surface area contributed by atoms with Crippen molar-refractivity contribution in [1.29, 1.82) is 0 Å². The van der Waals surface area contributed by atoms with Crippen molar-refractivity contribution in [2.24, 2.45) is 11.5 Å². The molecule has 1 aromatic rings. The monoisotopic (exact) mass is 262 g/mol. The minimum absolute atomic E-state index is 0.0404. The number of rotatable bonds is 6. The molecule has 1 heterocycles. The van der Waals surface area contributed by atoms with Gasteiger partial charge in [-0.15, -0.1) is 0 Å². The second-order valence-electron chi connectivity index (χ2n) is 5.11. The van der Waals surface area contributed by atoms with Crippen molar-refractivity contribution >= 4 is 5.91 Å². The minimum Gasteiger partial charge on any atom is -0.369 e. The maximum absolute atomic E-state index is 11.3. The lowest BCUT2D eigenvalue weighted by Crippen LogP contribution is -2.44. The first-order valence-corrected chi connectivity index (χ1v) is 6.86. The molecule has 1 amide bonds. The topological polar surface area (TPSA) is 85.2 Å². The summed E-state index contributed by atoms with van der Waals surface area (Å²) in [6.45, 7) is 0.753. The summed E-state index contributed by atoms with van der Waals surface area (Å²) >= 11 is 0.